The maximum absolute atomic E-state index is 12.4. The minimum Gasteiger partial charge on any atom is -0.484 e. The number of oxazole rings is 1. The smallest absolute Gasteiger partial charge is 0.262 e. The molecule has 2 heterocycles. The van der Waals surface area contributed by atoms with Gasteiger partial charge in [-0.3, -0.25) is 4.79 Å². The van der Waals surface area contributed by atoms with Gasteiger partial charge in [0.05, 0.1) is 0 Å². The van der Waals surface area contributed by atoms with E-state index in [-0.39, 0.29) is 12.5 Å². The monoisotopic (exact) mass is 387 g/mol. The van der Waals surface area contributed by atoms with Crippen LogP contribution < -0.4 is 10.1 Å². The Kier molecular flexibility index (Phi) is 4.99. The number of nitrogens with one attached hydrogen (secondary N) is 1. The molecule has 0 saturated heterocycles. The standard InChI is InChI=1S/C23H21N3O3/c1-14-7-9-18(11-16(14)3)28-13-21(27)25-19-12-17(8-6-15(19)2)23-26-22-20(29-23)5-4-10-24-22/h4-12H,13H2,1-3H3,(H,25,27). The number of pyridine rings is 1. The summed E-state index contributed by atoms with van der Waals surface area (Å²) in [5.74, 6) is 0.899. The Bertz CT molecular complexity index is 1160. The Balaban J connectivity index is 1.48. The molecule has 1 N–H and O–H groups in total. The van der Waals surface area contributed by atoms with E-state index in [0.717, 1.165) is 16.7 Å². The van der Waals surface area contributed by atoms with Crippen molar-refractivity contribution in [1.29, 1.82) is 0 Å². The molecule has 0 aliphatic rings. The molecule has 2 aromatic heterocycles. The molecule has 4 rings (SSSR count). The number of amides is 1. The summed E-state index contributed by atoms with van der Waals surface area (Å²) in [6.45, 7) is 5.91. The fourth-order valence-corrected chi connectivity index (χ4v) is 2.92. The van der Waals surface area contributed by atoms with Crippen molar-refractivity contribution in [3.8, 4) is 17.2 Å². The number of rotatable bonds is 5. The van der Waals surface area contributed by atoms with E-state index >= 15 is 0 Å². The number of aryl methyl sites for hydroxylation is 3. The maximum Gasteiger partial charge on any atom is 0.262 e. The van der Waals surface area contributed by atoms with Crippen molar-refractivity contribution in [1.82, 2.24) is 9.97 Å². The predicted octanol–water partition coefficient (Wildman–Crippen LogP) is 4.83. The molecule has 0 saturated carbocycles. The van der Waals surface area contributed by atoms with Gasteiger partial charge in [-0.05, 0) is 73.9 Å². The molecule has 0 unspecified atom stereocenters. The van der Waals surface area contributed by atoms with Crippen LogP contribution in [-0.2, 0) is 4.79 Å². The summed E-state index contributed by atoms with van der Waals surface area (Å²) in [7, 11) is 0. The number of aromatic nitrogens is 2. The number of hydrogen-bond acceptors (Lipinski definition) is 5. The third-order valence-electron chi connectivity index (χ3n) is 4.77. The van der Waals surface area contributed by atoms with Crippen molar-refractivity contribution in [3.63, 3.8) is 0 Å². The molecule has 0 spiro atoms. The number of hydrogen-bond donors (Lipinski definition) is 1. The van der Waals surface area contributed by atoms with E-state index < -0.39 is 0 Å². The highest BCUT2D eigenvalue weighted by atomic mass is 16.5. The Morgan fingerprint density at radius 1 is 1.03 bits per heavy atom. The second kappa shape index (κ2) is 7.75. The minimum atomic E-state index is -0.234. The molecule has 0 aliphatic carbocycles. The van der Waals surface area contributed by atoms with Crippen molar-refractivity contribution in [2.45, 2.75) is 20.8 Å². The van der Waals surface area contributed by atoms with Crippen LogP contribution in [0.4, 0.5) is 5.69 Å². The fraction of sp³-hybridized carbons (Fsp3) is 0.174. The number of anilines is 1. The zero-order chi connectivity index (χ0) is 20.4. The first-order valence-corrected chi connectivity index (χ1v) is 9.32. The molecule has 0 aliphatic heterocycles. The van der Waals surface area contributed by atoms with E-state index in [2.05, 4.69) is 15.3 Å². The van der Waals surface area contributed by atoms with Crippen LogP contribution in [0.2, 0.25) is 0 Å². The largest absolute Gasteiger partial charge is 0.484 e. The number of benzene rings is 2. The lowest BCUT2D eigenvalue weighted by Crippen LogP contribution is -2.20. The highest BCUT2D eigenvalue weighted by molar-refractivity contribution is 5.93. The van der Waals surface area contributed by atoms with Gasteiger partial charge in [-0.2, -0.15) is 4.98 Å². The molecule has 0 bridgehead atoms. The van der Waals surface area contributed by atoms with Crippen LogP contribution >= 0.6 is 0 Å². The summed E-state index contributed by atoms with van der Waals surface area (Å²) < 4.78 is 11.4. The molecule has 1 amide bonds. The minimum absolute atomic E-state index is 0.0705. The van der Waals surface area contributed by atoms with Gasteiger partial charge in [0.15, 0.2) is 17.8 Å². The lowest BCUT2D eigenvalue weighted by atomic mass is 10.1. The normalized spacial score (nSPS) is 10.9. The van der Waals surface area contributed by atoms with Crippen molar-refractivity contribution in [3.05, 3.63) is 71.4 Å². The number of carbonyl (C=O) groups excluding carboxylic acids is 1. The third kappa shape index (κ3) is 4.11. The van der Waals surface area contributed by atoms with E-state index in [1.54, 1.807) is 12.3 Å². The predicted molar refractivity (Wildman–Crippen MR) is 112 cm³/mol. The number of nitrogens with zero attached hydrogens (tertiary/aromatic N) is 2. The third-order valence-corrected chi connectivity index (χ3v) is 4.77. The van der Waals surface area contributed by atoms with Gasteiger partial charge in [0, 0.05) is 17.4 Å². The zero-order valence-corrected chi connectivity index (χ0v) is 16.5. The molecular formula is C23H21N3O3. The second-order valence-electron chi connectivity index (χ2n) is 6.96. The van der Waals surface area contributed by atoms with Gasteiger partial charge in [0.25, 0.3) is 5.91 Å². The van der Waals surface area contributed by atoms with Crippen LogP contribution in [0.5, 0.6) is 5.75 Å². The van der Waals surface area contributed by atoms with Crippen LogP contribution in [0.1, 0.15) is 16.7 Å². The highest BCUT2D eigenvalue weighted by Gasteiger charge is 2.12. The summed E-state index contributed by atoms with van der Waals surface area (Å²) in [5.41, 5.74) is 5.86. The fourth-order valence-electron chi connectivity index (χ4n) is 2.92. The molecule has 29 heavy (non-hydrogen) atoms. The topological polar surface area (TPSA) is 77.2 Å². The van der Waals surface area contributed by atoms with Gasteiger partial charge in [-0.1, -0.05) is 12.1 Å². The Morgan fingerprint density at radius 3 is 2.66 bits per heavy atom. The van der Waals surface area contributed by atoms with Crippen LogP contribution in [0.15, 0.2) is 59.1 Å². The second-order valence-corrected chi connectivity index (χ2v) is 6.96. The average molecular weight is 387 g/mol. The van der Waals surface area contributed by atoms with Crippen molar-refractivity contribution in [2.75, 3.05) is 11.9 Å². The summed E-state index contributed by atoms with van der Waals surface area (Å²) in [6, 6.07) is 15.0. The summed E-state index contributed by atoms with van der Waals surface area (Å²) in [4.78, 5) is 21.0. The first kappa shape index (κ1) is 18.7. The van der Waals surface area contributed by atoms with E-state index in [1.807, 2.05) is 63.2 Å². The highest BCUT2D eigenvalue weighted by Crippen LogP contribution is 2.27. The van der Waals surface area contributed by atoms with Gasteiger partial charge in [0.1, 0.15) is 5.75 Å². The lowest BCUT2D eigenvalue weighted by molar-refractivity contribution is -0.118. The lowest BCUT2D eigenvalue weighted by Gasteiger charge is -2.11. The Hall–Kier alpha value is -3.67. The summed E-state index contributed by atoms with van der Waals surface area (Å²) in [6.07, 6.45) is 1.67. The van der Waals surface area contributed by atoms with Crippen LogP contribution in [0.3, 0.4) is 0 Å². The quantitative estimate of drug-likeness (QED) is 0.531. The van der Waals surface area contributed by atoms with Crippen molar-refractivity contribution >= 4 is 22.8 Å². The zero-order valence-electron chi connectivity index (χ0n) is 16.5. The summed E-state index contributed by atoms with van der Waals surface area (Å²) >= 11 is 0. The van der Waals surface area contributed by atoms with Crippen molar-refractivity contribution < 1.29 is 13.9 Å². The van der Waals surface area contributed by atoms with Gasteiger partial charge in [-0.15, -0.1) is 0 Å². The van der Waals surface area contributed by atoms with Crippen LogP contribution in [0.25, 0.3) is 22.7 Å². The van der Waals surface area contributed by atoms with Gasteiger partial charge in [0.2, 0.25) is 5.89 Å². The molecule has 0 atom stereocenters. The Labute approximate surface area is 168 Å². The number of ether oxygens (including phenoxy) is 1. The van der Waals surface area contributed by atoms with E-state index in [4.69, 9.17) is 9.15 Å². The van der Waals surface area contributed by atoms with E-state index in [0.29, 0.717) is 28.6 Å². The first-order chi connectivity index (χ1) is 14.0. The molecule has 6 heteroatoms. The summed E-state index contributed by atoms with van der Waals surface area (Å²) in [5, 5.41) is 2.90. The maximum atomic E-state index is 12.4. The molecule has 2 aromatic carbocycles. The van der Waals surface area contributed by atoms with Gasteiger partial charge >= 0.3 is 0 Å². The molecule has 0 radical (unpaired) electrons. The molecule has 146 valence electrons. The molecule has 4 aromatic rings. The van der Waals surface area contributed by atoms with E-state index in [1.165, 1.54) is 5.56 Å². The average Bonchev–Trinajstić information content (AvgIpc) is 3.15. The number of fused-ring (bicyclic) bond motifs is 1. The SMILES string of the molecule is Cc1ccc(OCC(=O)Nc2cc(-c3nc4ncccc4o3)ccc2C)cc1C. The first-order valence-electron chi connectivity index (χ1n) is 9.32. The molecule has 0 fully saturated rings. The van der Waals surface area contributed by atoms with Crippen LogP contribution in [-0.4, -0.2) is 22.5 Å². The molecule has 6 nitrogen and oxygen atoms in total. The Morgan fingerprint density at radius 2 is 1.86 bits per heavy atom. The molecular weight excluding hydrogens is 366 g/mol. The van der Waals surface area contributed by atoms with Crippen LogP contribution in [0, 0.1) is 20.8 Å². The number of carbonyl (C=O) groups is 1. The van der Waals surface area contributed by atoms with Crippen molar-refractivity contribution in [2.24, 2.45) is 0 Å². The van der Waals surface area contributed by atoms with Gasteiger partial charge < -0.3 is 14.5 Å². The van der Waals surface area contributed by atoms with Gasteiger partial charge in [-0.25, -0.2) is 4.98 Å². The van der Waals surface area contributed by atoms with E-state index in [9.17, 15) is 4.79 Å².